The Morgan fingerprint density at radius 3 is 2.74 bits per heavy atom. The quantitative estimate of drug-likeness (QED) is 0.362. The molecule has 6 heteroatoms. The number of methoxy groups -OCH3 is 1. The standard InChI is InChI=1S/C25H28N4O2/c1-5-18-14-22(26)23(13-17(18)3)29-24(30)9-8-19-7-6-10-27-25(19)28-20-11-16(2)12-21(15-20)31-4/h6-15H,5,26H2,1-4H3,(H,27,28)(H,29,30)/b9-8+. The number of carbonyl (C=O) groups excluding carboxylic acids is 1. The van der Waals surface area contributed by atoms with Gasteiger partial charge in [-0.2, -0.15) is 0 Å². The maximum atomic E-state index is 12.5. The number of hydrogen-bond acceptors (Lipinski definition) is 5. The lowest BCUT2D eigenvalue weighted by molar-refractivity contribution is -0.111. The number of nitrogens with two attached hydrogens (primary N) is 1. The third kappa shape index (κ3) is 5.63. The molecular weight excluding hydrogens is 388 g/mol. The van der Waals surface area contributed by atoms with E-state index in [2.05, 4.69) is 22.5 Å². The zero-order valence-electron chi connectivity index (χ0n) is 18.3. The molecule has 0 saturated heterocycles. The van der Waals surface area contributed by atoms with Crippen LogP contribution in [0, 0.1) is 13.8 Å². The molecule has 3 aromatic rings. The number of nitrogen functional groups attached to an aromatic ring is 1. The molecule has 160 valence electrons. The Balaban J connectivity index is 1.77. The number of ether oxygens (including phenoxy) is 1. The maximum Gasteiger partial charge on any atom is 0.248 e. The number of pyridine rings is 1. The van der Waals surface area contributed by atoms with Crippen molar-refractivity contribution in [3.8, 4) is 5.75 Å². The predicted octanol–water partition coefficient (Wildman–Crippen LogP) is 5.25. The fourth-order valence-electron chi connectivity index (χ4n) is 3.33. The Bertz CT molecular complexity index is 1120. The summed E-state index contributed by atoms with van der Waals surface area (Å²) in [6.45, 7) is 6.09. The Morgan fingerprint density at radius 2 is 2.00 bits per heavy atom. The number of rotatable bonds is 7. The van der Waals surface area contributed by atoms with Crippen molar-refractivity contribution < 1.29 is 9.53 Å². The number of aryl methyl sites for hydroxylation is 3. The zero-order chi connectivity index (χ0) is 22.4. The van der Waals surface area contributed by atoms with Crippen LogP contribution in [0.15, 0.2) is 54.7 Å². The first kappa shape index (κ1) is 21.9. The molecule has 2 aromatic carbocycles. The van der Waals surface area contributed by atoms with Gasteiger partial charge in [-0.05, 0) is 79.4 Å². The molecule has 31 heavy (non-hydrogen) atoms. The van der Waals surface area contributed by atoms with Crippen LogP contribution in [-0.2, 0) is 11.2 Å². The van der Waals surface area contributed by atoms with Crippen LogP contribution in [0.2, 0.25) is 0 Å². The molecule has 4 N–H and O–H groups in total. The van der Waals surface area contributed by atoms with Crippen LogP contribution in [0.5, 0.6) is 5.75 Å². The van der Waals surface area contributed by atoms with Crippen molar-refractivity contribution in [3.05, 3.63) is 77.0 Å². The van der Waals surface area contributed by atoms with Crippen LogP contribution in [-0.4, -0.2) is 18.0 Å². The monoisotopic (exact) mass is 416 g/mol. The Morgan fingerprint density at radius 1 is 1.19 bits per heavy atom. The van der Waals surface area contributed by atoms with Gasteiger partial charge in [0.25, 0.3) is 0 Å². The lowest BCUT2D eigenvalue weighted by Crippen LogP contribution is -2.10. The largest absolute Gasteiger partial charge is 0.497 e. The summed E-state index contributed by atoms with van der Waals surface area (Å²) in [5, 5.41) is 6.15. The van der Waals surface area contributed by atoms with Gasteiger partial charge in [-0.15, -0.1) is 0 Å². The molecule has 0 aliphatic carbocycles. The second-order valence-corrected chi connectivity index (χ2v) is 7.35. The van der Waals surface area contributed by atoms with Crippen molar-refractivity contribution in [1.82, 2.24) is 4.98 Å². The van der Waals surface area contributed by atoms with Crippen molar-refractivity contribution in [1.29, 1.82) is 0 Å². The summed E-state index contributed by atoms with van der Waals surface area (Å²) in [5.74, 6) is 1.14. The minimum absolute atomic E-state index is 0.262. The van der Waals surface area contributed by atoms with Gasteiger partial charge < -0.3 is 21.1 Å². The molecule has 0 aliphatic rings. The number of anilines is 4. The summed E-state index contributed by atoms with van der Waals surface area (Å²) in [6.07, 6.45) is 5.79. The van der Waals surface area contributed by atoms with E-state index in [4.69, 9.17) is 10.5 Å². The summed E-state index contributed by atoms with van der Waals surface area (Å²) in [4.78, 5) is 16.9. The van der Waals surface area contributed by atoms with Gasteiger partial charge in [-0.1, -0.05) is 6.92 Å². The average molecular weight is 417 g/mol. The molecule has 0 atom stereocenters. The normalized spacial score (nSPS) is 10.8. The maximum absolute atomic E-state index is 12.5. The number of nitrogens with one attached hydrogen (secondary N) is 2. The fourth-order valence-corrected chi connectivity index (χ4v) is 3.33. The molecule has 0 saturated carbocycles. The van der Waals surface area contributed by atoms with Crippen molar-refractivity contribution >= 4 is 34.9 Å². The number of nitrogens with zero attached hydrogens (tertiary/aromatic N) is 1. The molecule has 1 aromatic heterocycles. The lowest BCUT2D eigenvalue weighted by Gasteiger charge is -2.12. The van der Waals surface area contributed by atoms with Gasteiger partial charge in [0.1, 0.15) is 11.6 Å². The molecular formula is C25H28N4O2. The molecule has 0 fully saturated rings. The average Bonchev–Trinajstić information content (AvgIpc) is 2.75. The molecule has 0 radical (unpaired) electrons. The Kier molecular flexibility index (Phi) is 6.92. The van der Waals surface area contributed by atoms with Gasteiger partial charge in [-0.25, -0.2) is 4.98 Å². The highest BCUT2D eigenvalue weighted by Crippen LogP contribution is 2.26. The van der Waals surface area contributed by atoms with E-state index < -0.39 is 0 Å². The van der Waals surface area contributed by atoms with E-state index in [1.165, 1.54) is 11.6 Å². The van der Waals surface area contributed by atoms with Crippen molar-refractivity contribution in [2.75, 3.05) is 23.5 Å². The van der Waals surface area contributed by atoms with E-state index in [0.29, 0.717) is 17.2 Å². The number of hydrogen-bond donors (Lipinski definition) is 3. The fraction of sp³-hybridized carbons (Fsp3) is 0.200. The second-order valence-electron chi connectivity index (χ2n) is 7.35. The molecule has 0 aliphatic heterocycles. The van der Waals surface area contributed by atoms with E-state index in [-0.39, 0.29) is 5.91 Å². The van der Waals surface area contributed by atoms with Crippen LogP contribution in [0.1, 0.15) is 29.2 Å². The Hall–Kier alpha value is -3.80. The molecule has 3 rings (SSSR count). The van der Waals surface area contributed by atoms with Crippen LogP contribution in [0.4, 0.5) is 22.9 Å². The third-order valence-corrected chi connectivity index (χ3v) is 4.95. The van der Waals surface area contributed by atoms with Crippen molar-refractivity contribution in [2.45, 2.75) is 27.2 Å². The van der Waals surface area contributed by atoms with Crippen LogP contribution in [0.25, 0.3) is 6.08 Å². The molecule has 1 heterocycles. The number of benzene rings is 2. The van der Waals surface area contributed by atoms with Crippen molar-refractivity contribution in [3.63, 3.8) is 0 Å². The van der Waals surface area contributed by atoms with Gasteiger partial charge in [0.2, 0.25) is 5.91 Å². The summed E-state index contributed by atoms with van der Waals surface area (Å²) >= 11 is 0. The van der Waals surface area contributed by atoms with Gasteiger partial charge in [0, 0.05) is 29.6 Å². The van der Waals surface area contributed by atoms with Crippen LogP contribution in [0.3, 0.4) is 0 Å². The van der Waals surface area contributed by atoms with Gasteiger partial charge in [0.15, 0.2) is 0 Å². The van der Waals surface area contributed by atoms with Gasteiger partial charge >= 0.3 is 0 Å². The summed E-state index contributed by atoms with van der Waals surface area (Å²) in [6, 6.07) is 13.4. The topological polar surface area (TPSA) is 89.3 Å². The van der Waals surface area contributed by atoms with Crippen molar-refractivity contribution in [2.24, 2.45) is 0 Å². The molecule has 1 amide bonds. The molecule has 6 nitrogen and oxygen atoms in total. The number of amides is 1. The Labute approximate surface area is 183 Å². The number of carbonyl (C=O) groups is 1. The van der Waals surface area contributed by atoms with Crippen LogP contribution < -0.4 is 21.1 Å². The first-order valence-electron chi connectivity index (χ1n) is 10.2. The van der Waals surface area contributed by atoms with E-state index >= 15 is 0 Å². The number of aromatic nitrogens is 1. The highest BCUT2D eigenvalue weighted by atomic mass is 16.5. The minimum Gasteiger partial charge on any atom is -0.497 e. The van der Waals surface area contributed by atoms with E-state index in [1.807, 2.05) is 56.3 Å². The zero-order valence-corrected chi connectivity index (χ0v) is 18.3. The molecule has 0 unspecified atom stereocenters. The van der Waals surface area contributed by atoms with E-state index in [1.54, 1.807) is 19.4 Å². The van der Waals surface area contributed by atoms with Gasteiger partial charge in [0.05, 0.1) is 18.5 Å². The summed E-state index contributed by atoms with van der Waals surface area (Å²) < 4.78 is 5.33. The first-order valence-corrected chi connectivity index (χ1v) is 10.2. The lowest BCUT2D eigenvalue weighted by atomic mass is 10.0. The minimum atomic E-state index is -0.262. The molecule has 0 spiro atoms. The highest BCUT2D eigenvalue weighted by Gasteiger charge is 2.08. The van der Waals surface area contributed by atoms with E-state index in [0.717, 1.165) is 34.5 Å². The summed E-state index contributed by atoms with van der Waals surface area (Å²) in [5.41, 5.74) is 12.2. The SMILES string of the molecule is CCc1cc(N)c(NC(=O)/C=C/c2cccnc2Nc2cc(C)cc(OC)c2)cc1C. The van der Waals surface area contributed by atoms with Gasteiger partial charge in [-0.3, -0.25) is 4.79 Å². The smallest absolute Gasteiger partial charge is 0.248 e. The second kappa shape index (κ2) is 9.80. The molecule has 0 bridgehead atoms. The van der Waals surface area contributed by atoms with Crippen LogP contribution >= 0.6 is 0 Å². The summed E-state index contributed by atoms with van der Waals surface area (Å²) in [7, 11) is 1.64. The first-order chi connectivity index (χ1) is 14.9. The third-order valence-electron chi connectivity index (χ3n) is 4.95. The van der Waals surface area contributed by atoms with E-state index in [9.17, 15) is 4.79 Å². The predicted molar refractivity (Wildman–Crippen MR) is 128 cm³/mol. The highest BCUT2D eigenvalue weighted by molar-refractivity contribution is 6.04.